The highest BCUT2D eigenvalue weighted by Gasteiger charge is 2.20. The van der Waals surface area contributed by atoms with Gasteiger partial charge in [-0.15, -0.1) is 0 Å². The van der Waals surface area contributed by atoms with E-state index in [2.05, 4.69) is 10.3 Å². The predicted molar refractivity (Wildman–Crippen MR) is 98.4 cm³/mol. The number of aromatic nitrogens is 2. The Morgan fingerprint density at radius 3 is 2.88 bits per heavy atom. The van der Waals surface area contributed by atoms with Gasteiger partial charge in [0.1, 0.15) is 6.61 Å². The number of anilines is 1. The third kappa shape index (κ3) is 2.86. The van der Waals surface area contributed by atoms with E-state index in [0.717, 1.165) is 41.4 Å². The summed E-state index contributed by atoms with van der Waals surface area (Å²) in [6.45, 7) is 0.444. The zero-order valence-corrected chi connectivity index (χ0v) is 14.5. The van der Waals surface area contributed by atoms with Gasteiger partial charge in [0.15, 0.2) is 11.5 Å². The Balaban J connectivity index is 1.76. The van der Waals surface area contributed by atoms with E-state index in [1.807, 2.05) is 31.3 Å². The molecule has 3 aromatic rings. The highest BCUT2D eigenvalue weighted by molar-refractivity contribution is 5.95. The molecule has 0 aliphatic heterocycles. The Morgan fingerprint density at radius 1 is 1.20 bits per heavy atom. The maximum Gasteiger partial charge on any atom is 0.163 e. The van der Waals surface area contributed by atoms with Crippen LogP contribution in [0.2, 0.25) is 0 Å². The third-order valence-electron chi connectivity index (χ3n) is 4.66. The monoisotopic (exact) mass is 335 g/mol. The zero-order valence-electron chi connectivity index (χ0n) is 14.5. The first-order chi connectivity index (χ1) is 12.3. The summed E-state index contributed by atoms with van der Waals surface area (Å²) in [6, 6.07) is 7.89. The van der Waals surface area contributed by atoms with E-state index in [9.17, 15) is 0 Å². The van der Waals surface area contributed by atoms with E-state index in [4.69, 9.17) is 14.5 Å². The normalized spacial score (nSPS) is 12.9. The molecule has 0 atom stereocenters. The Bertz CT molecular complexity index is 910. The minimum atomic E-state index is 0.444. The molecule has 1 aliphatic carbocycles. The molecule has 5 nitrogen and oxygen atoms in total. The average molecular weight is 335 g/mol. The van der Waals surface area contributed by atoms with Crippen LogP contribution in [0, 0.1) is 0 Å². The molecule has 0 unspecified atom stereocenters. The summed E-state index contributed by atoms with van der Waals surface area (Å²) in [5.74, 6) is 1.42. The van der Waals surface area contributed by atoms with E-state index in [1.54, 1.807) is 19.5 Å². The van der Waals surface area contributed by atoms with Crippen molar-refractivity contribution in [3.05, 3.63) is 53.5 Å². The molecule has 2 heterocycles. The topological polar surface area (TPSA) is 56.3 Å². The standard InChI is InChI=1S/C20H21N3O2/c1-21-20-14-6-3-7-16(14)23-17-10-19(18(24-2)9-15(17)20)25-12-13-5-4-8-22-11-13/h4-5,8-11H,3,6-7,12H2,1-2H3,(H,21,23). The molecular weight excluding hydrogens is 314 g/mol. The summed E-state index contributed by atoms with van der Waals surface area (Å²) in [6.07, 6.45) is 6.84. The number of aryl methyl sites for hydroxylation is 1. The van der Waals surface area contributed by atoms with Crippen molar-refractivity contribution in [2.75, 3.05) is 19.5 Å². The van der Waals surface area contributed by atoms with E-state index in [-0.39, 0.29) is 0 Å². The maximum absolute atomic E-state index is 5.99. The number of methoxy groups -OCH3 is 1. The molecule has 0 saturated carbocycles. The number of ether oxygens (including phenoxy) is 2. The summed E-state index contributed by atoms with van der Waals surface area (Å²) >= 11 is 0. The number of hydrogen-bond acceptors (Lipinski definition) is 5. The first-order valence-electron chi connectivity index (χ1n) is 8.53. The molecule has 0 spiro atoms. The fourth-order valence-electron chi connectivity index (χ4n) is 3.47. The number of nitrogens with one attached hydrogen (secondary N) is 1. The molecular formula is C20H21N3O2. The second-order valence-electron chi connectivity index (χ2n) is 6.19. The third-order valence-corrected chi connectivity index (χ3v) is 4.66. The SMILES string of the molecule is CNc1c2c(nc3cc(OCc4cccnc4)c(OC)cc13)CCC2. The van der Waals surface area contributed by atoms with E-state index < -0.39 is 0 Å². The van der Waals surface area contributed by atoms with Gasteiger partial charge in [-0.05, 0) is 37.0 Å². The summed E-state index contributed by atoms with van der Waals surface area (Å²) in [4.78, 5) is 8.99. The van der Waals surface area contributed by atoms with Crippen LogP contribution in [0.3, 0.4) is 0 Å². The molecule has 4 rings (SSSR count). The molecule has 5 heteroatoms. The number of rotatable bonds is 5. The highest BCUT2D eigenvalue weighted by Crippen LogP contribution is 2.39. The number of benzene rings is 1. The molecule has 0 radical (unpaired) electrons. The molecule has 0 amide bonds. The van der Waals surface area contributed by atoms with Crippen LogP contribution in [0.1, 0.15) is 23.2 Å². The van der Waals surface area contributed by atoms with Crippen molar-refractivity contribution < 1.29 is 9.47 Å². The van der Waals surface area contributed by atoms with Crippen LogP contribution >= 0.6 is 0 Å². The zero-order chi connectivity index (χ0) is 17.2. The number of nitrogens with zero attached hydrogens (tertiary/aromatic N) is 2. The van der Waals surface area contributed by atoms with Crippen LogP contribution < -0.4 is 14.8 Å². The smallest absolute Gasteiger partial charge is 0.163 e. The summed E-state index contributed by atoms with van der Waals surface area (Å²) < 4.78 is 11.6. The minimum absolute atomic E-state index is 0.444. The van der Waals surface area contributed by atoms with Gasteiger partial charge in [-0.25, -0.2) is 0 Å². The molecule has 2 aromatic heterocycles. The van der Waals surface area contributed by atoms with Crippen LogP contribution in [0.15, 0.2) is 36.7 Å². The summed E-state index contributed by atoms with van der Waals surface area (Å²) in [5.41, 5.74) is 5.64. The van der Waals surface area contributed by atoms with Crippen LogP contribution in [-0.2, 0) is 19.4 Å². The Labute approximate surface area is 147 Å². The molecule has 1 aliphatic rings. The lowest BCUT2D eigenvalue weighted by Gasteiger charge is -2.16. The van der Waals surface area contributed by atoms with Crippen molar-refractivity contribution in [1.82, 2.24) is 9.97 Å². The van der Waals surface area contributed by atoms with E-state index in [0.29, 0.717) is 18.1 Å². The van der Waals surface area contributed by atoms with Gasteiger partial charge in [0.2, 0.25) is 0 Å². The molecule has 1 N–H and O–H groups in total. The highest BCUT2D eigenvalue weighted by atomic mass is 16.5. The van der Waals surface area contributed by atoms with Crippen LogP contribution in [0.25, 0.3) is 10.9 Å². The summed E-state index contributed by atoms with van der Waals surface area (Å²) in [5, 5.41) is 4.43. The van der Waals surface area contributed by atoms with Crippen molar-refractivity contribution in [1.29, 1.82) is 0 Å². The first kappa shape index (κ1) is 15.7. The lowest BCUT2D eigenvalue weighted by atomic mass is 10.1. The van der Waals surface area contributed by atoms with Gasteiger partial charge in [0.25, 0.3) is 0 Å². The number of pyridine rings is 2. The lowest BCUT2D eigenvalue weighted by molar-refractivity contribution is 0.284. The van der Waals surface area contributed by atoms with Crippen LogP contribution in [0.4, 0.5) is 5.69 Å². The minimum Gasteiger partial charge on any atom is -0.493 e. The number of hydrogen-bond donors (Lipinski definition) is 1. The van der Waals surface area contributed by atoms with Gasteiger partial charge in [-0.3, -0.25) is 9.97 Å². The fourth-order valence-corrected chi connectivity index (χ4v) is 3.47. The number of fused-ring (bicyclic) bond motifs is 2. The maximum atomic E-state index is 5.99. The van der Waals surface area contributed by atoms with Gasteiger partial charge in [-0.2, -0.15) is 0 Å². The molecule has 0 bridgehead atoms. The van der Waals surface area contributed by atoms with Crippen LogP contribution in [-0.4, -0.2) is 24.1 Å². The van der Waals surface area contributed by atoms with Crippen molar-refractivity contribution in [2.45, 2.75) is 25.9 Å². The van der Waals surface area contributed by atoms with Gasteiger partial charge < -0.3 is 14.8 Å². The first-order valence-corrected chi connectivity index (χ1v) is 8.53. The molecule has 0 saturated heterocycles. The summed E-state index contributed by atoms with van der Waals surface area (Å²) in [7, 11) is 3.63. The molecule has 0 fully saturated rings. The van der Waals surface area contributed by atoms with E-state index >= 15 is 0 Å². The Morgan fingerprint density at radius 2 is 2.12 bits per heavy atom. The Kier molecular flexibility index (Phi) is 4.14. The van der Waals surface area contributed by atoms with Gasteiger partial charge in [0, 0.05) is 47.8 Å². The predicted octanol–water partition coefficient (Wildman–Crippen LogP) is 3.75. The lowest BCUT2D eigenvalue weighted by Crippen LogP contribution is -2.02. The van der Waals surface area contributed by atoms with Gasteiger partial charge in [-0.1, -0.05) is 6.07 Å². The van der Waals surface area contributed by atoms with Gasteiger partial charge >= 0.3 is 0 Å². The second kappa shape index (κ2) is 6.59. The van der Waals surface area contributed by atoms with Crippen molar-refractivity contribution in [3.63, 3.8) is 0 Å². The van der Waals surface area contributed by atoms with Crippen molar-refractivity contribution in [3.8, 4) is 11.5 Å². The van der Waals surface area contributed by atoms with Crippen molar-refractivity contribution in [2.24, 2.45) is 0 Å². The second-order valence-corrected chi connectivity index (χ2v) is 6.19. The quantitative estimate of drug-likeness (QED) is 0.769. The molecule has 25 heavy (non-hydrogen) atoms. The molecule has 1 aromatic carbocycles. The average Bonchev–Trinajstić information content (AvgIpc) is 3.12. The van der Waals surface area contributed by atoms with Crippen molar-refractivity contribution >= 4 is 16.6 Å². The van der Waals surface area contributed by atoms with Crippen LogP contribution in [0.5, 0.6) is 11.5 Å². The molecule has 128 valence electrons. The van der Waals surface area contributed by atoms with E-state index in [1.165, 1.54) is 11.3 Å². The largest absolute Gasteiger partial charge is 0.493 e. The Hall–Kier alpha value is -2.82. The van der Waals surface area contributed by atoms with Gasteiger partial charge in [0.05, 0.1) is 12.6 Å². The fraction of sp³-hybridized carbons (Fsp3) is 0.300.